The second-order valence-corrected chi connectivity index (χ2v) is 11.9. The Labute approximate surface area is 227 Å². The summed E-state index contributed by atoms with van der Waals surface area (Å²) in [6.45, 7) is 11.3. The van der Waals surface area contributed by atoms with Crippen molar-refractivity contribution in [2.75, 3.05) is 36.0 Å². The van der Waals surface area contributed by atoms with E-state index in [4.69, 9.17) is 4.74 Å². The second-order valence-electron chi connectivity index (χ2n) is 11.9. The van der Waals surface area contributed by atoms with Crippen LogP contribution in [0.5, 0.6) is 0 Å². The molecule has 0 bridgehead atoms. The normalized spacial score (nSPS) is 19.2. The predicted molar refractivity (Wildman–Crippen MR) is 155 cm³/mol. The third-order valence-electron chi connectivity index (χ3n) is 9.01. The number of esters is 1. The summed E-state index contributed by atoms with van der Waals surface area (Å²) in [6.07, 6.45) is 5.08. The number of rotatable bonds is 6. The van der Waals surface area contributed by atoms with Gasteiger partial charge in [-0.2, -0.15) is 0 Å². The van der Waals surface area contributed by atoms with Gasteiger partial charge < -0.3 is 14.5 Å². The van der Waals surface area contributed by atoms with E-state index < -0.39 is 0 Å². The highest BCUT2D eigenvalue weighted by atomic mass is 16.5. The molecule has 0 N–H and O–H groups in total. The zero-order valence-electron chi connectivity index (χ0n) is 23.1. The van der Waals surface area contributed by atoms with Crippen molar-refractivity contribution in [1.82, 2.24) is 0 Å². The van der Waals surface area contributed by atoms with Gasteiger partial charge in [-0.05, 0) is 84.7 Å². The predicted octanol–water partition coefficient (Wildman–Crippen LogP) is 6.83. The molecule has 0 radical (unpaired) electrons. The lowest BCUT2D eigenvalue weighted by molar-refractivity contribution is -0.148. The monoisotopic (exact) mass is 508 g/mol. The number of anilines is 2. The van der Waals surface area contributed by atoms with Gasteiger partial charge in [0.05, 0.1) is 6.42 Å². The number of hydrogen-bond donors (Lipinski definition) is 0. The van der Waals surface area contributed by atoms with E-state index in [0.29, 0.717) is 6.42 Å². The Morgan fingerprint density at radius 1 is 0.816 bits per heavy atom. The van der Waals surface area contributed by atoms with Crippen LogP contribution in [-0.4, -0.2) is 38.3 Å². The van der Waals surface area contributed by atoms with E-state index in [-0.39, 0.29) is 23.4 Å². The molecular formula is C34H40N2O2. The average molecular weight is 509 g/mol. The molecule has 6 rings (SSSR count). The van der Waals surface area contributed by atoms with Crippen molar-refractivity contribution in [2.45, 2.75) is 70.3 Å². The molecule has 0 saturated carbocycles. The van der Waals surface area contributed by atoms with E-state index in [9.17, 15) is 4.79 Å². The van der Waals surface area contributed by atoms with Crippen molar-refractivity contribution in [3.63, 3.8) is 0 Å². The quantitative estimate of drug-likeness (QED) is 0.342. The van der Waals surface area contributed by atoms with Crippen LogP contribution in [0, 0.1) is 0 Å². The fourth-order valence-electron chi connectivity index (χ4n) is 6.96. The zero-order valence-corrected chi connectivity index (χ0v) is 23.1. The van der Waals surface area contributed by atoms with Crippen molar-refractivity contribution in [3.8, 4) is 0 Å². The molecule has 2 saturated heterocycles. The van der Waals surface area contributed by atoms with E-state index in [0.717, 1.165) is 31.7 Å². The maximum atomic E-state index is 13.0. The molecule has 3 aliphatic rings. The molecule has 1 aliphatic carbocycles. The summed E-state index contributed by atoms with van der Waals surface area (Å²) in [6, 6.07) is 23.9. The lowest BCUT2D eigenvalue weighted by Gasteiger charge is -2.42. The van der Waals surface area contributed by atoms with Gasteiger partial charge in [0.1, 0.15) is 6.10 Å². The fourth-order valence-corrected chi connectivity index (χ4v) is 6.96. The molecule has 3 aromatic carbocycles. The largest absolute Gasteiger partial charge is 0.461 e. The highest BCUT2D eigenvalue weighted by Gasteiger charge is 2.41. The number of benzene rings is 3. The van der Waals surface area contributed by atoms with Gasteiger partial charge >= 0.3 is 5.97 Å². The van der Waals surface area contributed by atoms with Crippen molar-refractivity contribution >= 4 is 17.3 Å². The number of carbonyl (C=O) groups is 1. The van der Waals surface area contributed by atoms with E-state index >= 15 is 0 Å². The number of hydrogen-bond acceptors (Lipinski definition) is 4. The lowest BCUT2D eigenvalue weighted by atomic mass is 9.64. The fraction of sp³-hybridized carbons (Fsp3) is 0.441. The Hall–Kier alpha value is -3.27. The van der Waals surface area contributed by atoms with Crippen LogP contribution < -0.4 is 9.80 Å². The van der Waals surface area contributed by atoms with E-state index in [1.165, 1.54) is 59.3 Å². The van der Waals surface area contributed by atoms with Crippen LogP contribution in [0.1, 0.15) is 80.2 Å². The summed E-state index contributed by atoms with van der Waals surface area (Å²) in [5.74, 6) is -0.160. The molecule has 0 amide bonds. The Bertz CT molecular complexity index is 1230. The maximum Gasteiger partial charge on any atom is 0.310 e. The third kappa shape index (κ3) is 4.59. The summed E-state index contributed by atoms with van der Waals surface area (Å²) in [4.78, 5) is 18.1. The summed E-state index contributed by atoms with van der Waals surface area (Å²) >= 11 is 0. The minimum absolute atomic E-state index is 0.00741. The maximum absolute atomic E-state index is 13.0. The number of ether oxygens (including phenoxy) is 1. The van der Waals surface area contributed by atoms with E-state index in [2.05, 4.69) is 67.0 Å². The van der Waals surface area contributed by atoms with Gasteiger partial charge in [0.25, 0.3) is 0 Å². The van der Waals surface area contributed by atoms with Gasteiger partial charge in [-0.25, -0.2) is 0 Å². The van der Waals surface area contributed by atoms with Crippen LogP contribution >= 0.6 is 0 Å². The second kappa shape index (κ2) is 10.1. The molecule has 198 valence electrons. The molecule has 38 heavy (non-hydrogen) atoms. The molecule has 2 fully saturated rings. The van der Waals surface area contributed by atoms with Crippen LogP contribution in [0.15, 0.2) is 66.7 Å². The van der Waals surface area contributed by atoms with Crippen molar-refractivity contribution in [2.24, 2.45) is 0 Å². The lowest BCUT2D eigenvalue weighted by Crippen LogP contribution is -2.35. The minimum Gasteiger partial charge on any atom is -0.461 e. The number of carbonyl (C=O) groups excluding carboxylic acids is 1. The first-order chi connectivity index (χ1) is 18.4. The van der Waals surface area contributed by atoms with Gasteiger partial charge in [-0.3, -0.25) is 4.79 Å². The first-order valence-electron chi connectivity index (χ1n) is 14.4. The first kappa shape index (κ1) is 25.0. The smallest absolute Gasteiger partial charge is 0.310 e. The SMILES string of the molecule is CC(OC(=O)Cc1ccccc1)C1c2ccc(N3CCCC3)cc2C(C)(C)c2cc(N3CCCC3)ccc21. The van der Waals surface area contributed by atoms with Gasteiger partial charge in [0, 0.05) is 48.9 Å². The van der Waals surface area contributed by atoms with Crippen LogP contribution in [0.2, 0.25) is 0 Å². The molecule has 4 heteroatoms. The summed E-state index contributed by atoms with van der Waals surface area (Å²) in [5.41, 5.74) is 8.80. The van der Waals surface area contributed by atoms with Crippen molar-refractivity contribution in [3.05, 3.63) is 94.5 Å². The van der Waals surface area contributed by atoms with Crippen LogP contribution in [0.25, 0.3) is 0 Å². The van der Waals surface area contributed by atoms with Crippen molar-refractivity contribution in [1.29, 1.82) is 0 Å². The van der Waals surface area contributed by atoms with Crippen LogP contribution in [0.4, 0.5) is 11.4 Å². The topological polar surface area (TPSA) is 32.8 Å². The van der Waals surface area contributed by atoms with E-state index in [1.807, 2.05) is 30.3 Å². The van der Waals surface area contributed by atoms with Gasteiger partial charge in [0.15, 0.2) is 0 Å². The first-order valence-corrected chi connectivity index (χ1v) is 14.4. The highest BCUT2D eigenvalue weighted by molar-refractivity contribution is 5.73. The average Bonchev–Trinajstić information content (AvgIpc) is 3.64. The zero-order chi connectivity index (χ0) is 26.3. The molecule has 0 spiro atoms. The van der Waals surface area contributed by atoms with Gasteiger partial charge in [-0.15, -0.1) is 0 Å². The standard InChI is InChI=1S/C34H40N2O2/c1-24(38-32(37)21-25-11-5-4-6-12-25)33-28-15-13-26(35-17-7-8-18-35)22-30(28)34(2,3)31-23-27(14-16-29(31)33)36-19-9-10-20-36/h4-6,11-16,22-24,33H,7-10,17-21H2,1-3H3. The molecule has 4 nitrogen and oxygen atoms in total. The van der Waals surface area contributed by atoms with E-state index in [1.54, 1.807) is 0 Å². The van der Waals surface area contributed by atoms with Crippen LogP contribution in [0.3, 0.4) is 0 Å². The van der Waals surface area contributed by atoms with Gasteiger partial charge in [-0.1, -0.05) is 56.3 Å². The summed E-state index contributed by atoms with van der Waals surface area (Å²) in [7, 11) is 0. The Morgan fingerprint density at radius 3 is 1.82 bits per heavy atom. The Morgan fingerprint density at radius 2 is 1.32 bits per heavy atom. The molecule has 1 unspecified atom stereocenters. The molecule has 2 heterocycles. The molecule has 3 aromatic rings. The third-order valence-corrected chi connectivity index (χ3v) is 9.01. The summed E-state index contributed by atoms with van der Waals surface area (Å²) < 4.78 is 6.18. The minimum atomic E-state index is -0.268. The molecule has 2 aliphatic heterocycles. The van der Waals surface area contributed by atoms with Crippen LogP contribution in [-0.2, 0) is 21.4 Å². The van der Waals surface area contributed by atoms with Crippen molar-refractivity contribution < 1.29 is 9.53 Å². The Kier molecular flexibility index (Phi) is 6.67. The highest BCUT2D eigenvalue weighted by Crippen LogP contribution is 2.50. The Balaban J connectivity index is 1.39. The number of nitrogens with zero attached hydrogens (tertiary/aromatic N) is 2. The molecule has 1 atom stereocenters. The number of fused-ring (bicyclic) bond motifs is 2. The van der Waals surface area contributed by atoms with Gasteiger partial charge in [0.2, 0.25) is 0 Å². The summed E-state index contributed by atoms with van der Waals surface area (Å²) in [5, 5.41) is 0. The molecule has 0 aromatic heterocycles. The molecular weight excluding hydrogens is 468 g/mol.